The van der Waals surface area contributed by atoms with Gasteiger partial charge in [0.15, 0.2) is 11.9 Å². The van der Waals surface area contributed by atoms with Gasteiger partial charge in [-0.2, -0.15) is 0 Å². The summed E-state index contributed by atoms with van der Waals surface area (Å²) < 4.78 is 0. The van der Waals surface area contributed by atoms with Crippen molar-refractivity contribution in [2.24, 2.45) is 56.2 Å². The van der Waals surface area contributed by atoms with Crippen LogP contribution >= 0.6 is 0 Å². The lowest BCUT2D eigenvalue weighted by Crippen LogP contribution is -2.61. The van der Waals surface area contributed by atoms with Crippen molar-refractivity contribution >= 4 is 59.2 Å². The highest BCUT2D eigenvalue weighted by Gasteiger charge is 2.36. The van der Waals surface area contributed by atoms with Crippen LogP contribution in [0.3, 0.4) is 0 Å². The maximum absolute atomic E-state index is 14.2. The average Bonchev–Trinajstić information content (AvgIpc) is 3.23. The van der Waals surface area contributed by atoms with Crippen LogP contribution in [-0.2, 0) is 38.4 Å². The number of unbranched alkanes of at least 4 members (excludes halogenated alkanes) is 2. The third-order valence-electron chi connectivity index (χ3n) is 10.7. The number of nitrogens with two attached hydrogens (primary N) is 6. The van der Waals surface area contributed by atoms with Gasteiger partial charge in [0.1, 0.15) is 42.3 Å². The van der Waals surface area contributed by atoms with Crippen molar-refractivity contribution in [3.05, 3.63) is 0 Å². The van der Waals surface area contributed by atoms with Crippen LogP contribution in [0.25, 0.3) is 0 Å². The van der Waals surface area contributed by atoms with Crippen molar-refractivity contribution in [2.45, 2.75) is 160 Å². The quantitative estimate of drug-likeness (QED) is 0.0271. The predicted molar refractivity (Wildman–Crippen MR) is 245 cm³/mol. The van der Waals surface area contributed by atoms with Crippen LogP contribution in [0, 0.1) is 11.8 Å². The normalized spacial score (nSPS) is 22.7. The maximum Gasteiger partial charge on any atom is 0.326 e. The minimum atomic E-state index is -1.51. The molecule has 0 aromatic carbocycles. The van der Waals surface area contributed by atoms with Crippen molar-refractivity contribution in [3.8, 4) is 0 Å². The van der Waals surface area contributed by atoms with Crippen molar-refractivity contribution in [2.75, 3.05) is 26.2 Å². The number of nitrogens with one attached hydrogen (secondary N) is 7. The van der Waals surface area contributed by atoms with E-state index in [2.05, 4.69) is 47.2 Å². The van der Waals surface area contributed by atoms with Crippen molar-refractivity contribution < 1.29 is 43.5 Å². The second kappa shape index (κ2) is 31.2. The van der Waals surface area contributed by atoms with Crippen LogP contribution in [0.4, 0.5) is 0 Å². The molecule has 24 heteroatoms. The summed E-state index contributed by atoms with van der Waals surface area (Å²) in [6.07, 6.45) is 2.02. The molecule has 0 saturated carbocycles. The summed E-state index contributed by atoms with van der Waals surface area (Å²) in [5, 5.41) is 28.6. The third-order valence-corrected chi connectivity index (χ3v) is 10.7. The monoisotopic (exact) mass is 924 g/mol. The molecule has 0 radical (unpaired) electrons. The molecule has 0 unspecified atom stereocenters. The molecule has 20 N–H and O–H groups in total. The Morgan fingerprint density at radius 1 is 0.662 bits per heavy atom. The Labute approximate surface area is 381 Å². The summed E-state index contributed by atoms with van der Waals surface area (Å²) in [4.78, 5) is 118. The van der Waals surface area contributed by atoms with Crippen LogP contribution in [0.1, 0.15) is 118 Å². The van der Waals surface area contributed by atoms with Gasteiger partial charge in [0.05, 0.1) is 0 Å². The fourth-order valence-electron chi connectivity index (χ4n) is 6.88. The minimum Gasteiger partial charge on any atom is -0.480 e. The summed E-state index contributed by atoms with van der Waals surface area (Å²) in [5.41, 5.74) is 33.3. The lowest BCUT2D eigenvalue weighted by molar-refractivity contribution is -0.142. The number of hydrogen-bond donors (Lipinski definition) is 14. The second-order valence-corrected chi connectivity index (χ2v) is 16.8. The van der Waals surface area contributed by atoms with Gasteiger partial charge in [0.2, 0.25) is 41.4 Å². The first-order chi connectivity index (χ1) is 30.7. The SMILES string of the molecule is CC[C@H](C)[C@@H]1NC(=O)[C@H](CCCN=C(N)N)NC(=O)[C@H](CC(C)C)NC(=O)[C@H](CCCCN)NC(=O)CC[C@@H](C(=O)N[C@@H](CCCCN)C(=O)O)NC(=O)[C@H](CCCN=C(N)N)NC1=O. The number of guanidine groups is 2. The zero-order valence-electron chi connectivity index (χ0n) is 38.5. The van der Waals surface area contributed by atoms with E-state index in [9.17, 15) is 43.5 Å². The van der Waals surface area contributed by atoms with Gasteiger partial charge < -0.3 is 76.7 Å². The van der Waals surface area contributed by atoms with Crippen molar-refractivity contribution in [3.63, 3.8) is 0 Å². The van der Waals surface area contributed by atoms with Crippen LogP contribution in [0.5, 0.6) is 0 Å². The summed E-state index contributed by atoms with van der Waals surface area (Å²) in [5.74, 6) is -7.77. The van der Waals surface area contributed by atoms with E-state index in [-0.39, 0.29) is 82.3 Å². The number of aliphatic carboxylic acids is 1. The van der Waals surface area contributed by atoms with Gasteiger partial charge in [-0.15, -0.1) is 0 Å². The van der Waals surface area contributed by atoms with Crippen LogP contribution in [0.2, 0.25) is 0 Å². The number of aliphatic imine (C=N–C) groups is 2. The molecule has 0 spiro atoms. The van der Waals surface area contributed by atoms with Crippen LogP contribution < -0.4 is 71.6 Å². The van der Waals surface area contributed by atoms with Crippen LogP contribution in [0.15, 0.2) is 9.98 Å². The molecule has 1 fully saturated rings. The Balaban J connectivity index is 3.95. The first kappa shape index (κ1) is 57.2. The molecule has 1 saturated heterocycles. The first-order valence-corrected chi connectivity index (χ1v) is 22.6. The molecule has 8 atom stereocenters. The van der Waals surface area contributed by atoms with E-state index in [0.717, 1.165) is 0 Å². The molecule has 0 bridgehead atoms. The van der Waals surface area contributed by atoms with Crippen molar-refractivity contribution in [1.29, 1.82) is 0 Å². The summed E-state index contributed by atoms with van der Waals surface area (Å²) >= 11 is 0. The van der Waals surface area contributed by atoms with E-state index in [1.165, 1.54) is 0 Å². The molecule has 370 valence electrons. The van der Waals surface area contributed by atoms with Crippen molar-refractivity contribution in [1.82, 2.24) is 37.2 Å². The van der Waals surface area contributed by atoms with Gasteiger partial charge in [0.25, 0.3) is 0 Å². The summed E-state index contributed by atoms with van der Waals surface area (Å²) in [6.45, 7) is 7.93. The van der Waals surface area contributed by atoms with E-state index in [4.69, 9.17) is 34.4 Å². The van der Waals surface area contributed by atoms with Gasteiger partial charge in [-0.3, -0.25) is 43.5 Å². The van der Waals surface area contributed by atoms with Gasteiger partial charge in [-0.05, 0) is 102 Å². The predicted octanol–water partition coefficient (Wildman–Crippen LogP) is -3.28. The molecule has 1 aliphatic heterocycles. The van der Waals surface area contributed by atoms with E-state index in [1.54, 1.807) is 13.8 Å². The largest absolute Gasteiger partial charge is 0.480 e. The van der Waals surface area contributed by atoms with Gasteiger partial charge >= 0.3 is 5.97 Å². The topological polar surface area (TPSA) is 422 Å². The molecule has 1 aliphatic rings. The average molecular weight is 924 g/mol. The summed E-state index contributed by atoms with van der Waals surface area (Å²) in [7, 11) is 0. The number of carbonyl (C=O) groups is 8. The number of carboxylic acids is 1. The zero-order chi connectivity index (χ0) is 49.1. The number of amides is 7. The Morgan fingerprint density at radius 2 is 1.14 bits per heavy atom. The van der Waals surface area contributed by atoms with Gasteiger partial charge in [0, 0.05) is 19.5 Å². The standard InChI is InChI=1S/C41H77N15O9/c1-5-24(4)32-38(63)53-26(14-10-20-48-40(44)45)34(59)52-28(35(60)54-29(39(64)65)13-7-9-19-43)16-17-31(57)50-25(12-6-8-18-42)33(58)55-30(22-23(2)3)37(62)51-27(36(61)56-32)15-11-21-49-41(46)47/h23-30,32H,5-22,42-43H2,1-4H3,(H,50,57)(H,51,62)(H,52,59)(H,53,63)(H,54,60)(H,55,58)(H,56,61)(H,64,65)(H4,44,45,48)(H4,46,47,49)/t24-,25-,26-,27-,28-,29-,30-,32-/m0/s1. The van der Waals surface area contributed by atoms with E-state index in [1.807, 2.05) is 13.8 Å². The van der Waals surface area contributed by atoms with Gasteiger partial charge in [-0.25, -0.2) is 4.79 Å². The highest BCUT2D eigenvalue weighted by molar-refractivity contribution is 5.98. The Morgan fingerprint density at radius 3 is 1.66 bits per heavy atom. The Kier molecular flexibility index (Phi) is 27.4. The molecule has 7 amide bonds. The second-order valence-electron chi connectivity index (χ2n) is 16.8. The Hall–Kier alpha value is -5.78. The molecule has 1 rings (SSSR count). The van der Waals surface area contributed by atoms with Crippen LogP contribution in [-0.4, -0.2) is 133 Å². The molecule has 0 aromatic rings. The lowest BCUT2D eigenvalue weighted by Gasteiger charge is -2.30. The number of hydrogen-bond acceptors (Lipinski definition) is 12. The number of carbonyl (C=O) groups excluding carboxylic acids is 7. The molecule has 0 aliphatic carbocycles. The smallest absolute Gasteiger partial charge is 0.326 e. The minimum absolute atomic E-state index is 0.0122. The highest BCUT2D eigenvalue weighted by atomic mass is 16.4. The Bertz CT molecular complexity index is 1620. The lowest BCUT2D eigenvalue weighted by atomic mass is 9.96. The van der Waals surface area contributed by atoms with Gasteiger partial charge in [-0.1, -0.05) is 34.1 Å². The molecule has 1 heterocycles. The molecular weight excluding hydrogens is 847 g/mol. The van der Waals surface area contributed by atoms with E-state index < -0.39 is 102 Å². The fourth-order valence-corrected chi connectivity index (χ4v) is 6.88. The highest BCUT2D eigenvalue weighted by Crippen LogP contribution is 2.14. The summed E-state index contributed by atoms with van der Waals surface area (Å²) in [6, 6.07) is -9.08. The number of nitrogens with zero attached hydrogens (tertiary/aromatic N) is 2. The fraction of sp³-hybridized carbons (Fsp3) is 0.756. The van der Waals surface area contributed by atoms with E-state index in [0.29, 0.717) is 45.2 Å². The number of carboxylic acid groups (broad SMARTS) is 1. The molecule has 24 nitrogen and oxygen atoms in total. The first-order valence-electron chi connectivity index (χ1n) is 22.6. The zero-order valence-corrected chi connectivity index (χ0v) is 38.5. The molecule has 0 aromatic heterocycles. The maximum atomic E-state index is 14.2. The van der Waals surface area contributed by atoms with E-state index >= 15 is 0 Å². The molecule has 65 heavy (non-hydrogen) atoms. The number of rotatable bonds is 23. The molecular formula is C41H77N15O9. The third kappa shape index (κ3) is 23.1.